The van der Waals surface area contributed by atoms with Gasteiger partial charge in [-0.25, -0.2) is 8.42 Å². The standard InChI is InChI=1S/C14H18N2O3S/c1-14(2,3)11-4-6-12(7-5-11)16-13(17)10-20(18,19)9-8-15/h4-7H,9-10H2,1-3H3,(H,16,17). The van der Waals surface area contributed by atoms with Gasteiger partial charge in [0.15, 0.2) is 9.84 Å². The minimum Gasteiger partial charge on any atom is -0.325 e. The fraction of sp³-hybridized carbons (Fsp3) is 0.429. The van der Waals surface area contributed by atoms with Crippen molar-refractivity contribution in [1.82, 2.24) is 0 Å². The Kier molecular flexibility index (Phi) is 4.90. The fourth-order valence-corrected chi connectivity index (χ4v) is 2.37. The van der Waals surface area contributed by atoms with Gasteiger partial charge in [-0.15, -0.1) is 0 Å². The van der Waals surface area contributed by atoms with Gasteiger partial charge in [0.1, 0.15) is 11.5 Å². The van der Waals surface area contributed by atoms with Crippen LogP contribution < -0.4 is 5.32 Å². The van der Waals surface area contributed by atoms with Gasteiger partial charge in [0, 0.05) is 5.69 Å². The SMILES string of the molecule is CC(C)(C)c1ccc(NC(=O)CS(=O)(=O)CC#N)cc1. The number of nitrogens with one attached hydrogen (secondary N) is 1. The van der Waals surface area contributed by atoms with Gasteiger partial charge in [-0.05, 0) is 23.1 Å². The zero-order chi connectivity index (χ0) is 15.4. The number of carbonyl (C=O) groups excluding carboxylic acids is 1. The van der Waals surface area contributed by atoms with Crippen molar-refractivity contribution in [2.24, 2.45) is 0 Å². The second-order valence-corrected chi connectivity index (χ2v) is 7.63. The Morgan fingerprint density at radius 1 is 1.25 bits per heavy atom. The van der Waals surface area contributed by atoms with Gasteiger partial charge in [0.05, 0.1) is 6.07 Å². The van der Waals surface area contributed by atoms with Crippen LogP contribution in [-0.2, 0) is 20.0 Å². The molecule has 0 atom stereocenters. The quantitative estimate of drug-likeness (QED) is 0.918. The van der Waals surface area contributed by atoms with E-state index in [2.05, 4.69) is 26.1 Å². The number of rotatable bonds is 4. The second-order valence-electron chi connectivity index (χ2n) is 5.57. The highest BCUT2D eigenvalue weighted by molar-refractivity contribution is 7.92. The normalized spacial score (nSPS) is 11.7. The van der Waals surface area contributed by atoms with E-state index in [1.54, 1.807) is 12.1 Å². The van der Waals surface area contributed by atoms with Crippen molar-refractivity contribution < 1.29 is 13.2 Å². The van der Waals surface area contributed by atoms with E-state index in [9.17, 15) is 13.2 Å². The molecule has 0 radical (unpaired) electrons. The van der Waals surface area contributed by atoms with Crippen molar-refractivity contribution in [3.8, 4) is 6.07 Å². The van der Waals surface area contributed by atoms with E-state index in [0.29, 0.717) is 5.69 Å². The van der Waals surface area contributed by atoms with Crippen molar-refractivity contribution in [3.05, 3.63) is 29.8 Å². The largest absolute Gasteiger partial charge is 0.325 e. The lowest BCUT2D eigenvalue weighted by Gasteiger charge is -2.19. The molecule has 0 aliphatic carbocycles. The van der Waals surface area contributed by atoms with Gasteiger partial charge >= 0.3 is 0 Å². The van der Waals surface area contributed by atoms with E-state index >= 15 is 0 Å². The average Bonchev–Trinajstić information content (AvgIpc) is 2.27. The van der Waals surface area contributed by atoms with Crippen molar-refractivity contribution in [2.45, 2.75) is 26.2 Å². The maximum absolute atomic E-state index is 11.6. The summed E-state index contributed by atoms with van der Waals surface area (Å²) in [4.78, 5) is 11.6. The minimum atomic E-state index is -3.66. The van der Waals surface area contributed by atoms with E-state index in [1.165, 1.54) is 6.07 Å². The first-order valence-corrected chi connectivity index (χ1v) is 7.94. The number of anilines is 1. The zero-order valence-corrected chi connectivity index (χ0v) is 12.6. The Morgan fingerprint density at radius 3 is 2.25 bits per heavy atom. The molecule has 0 unspecified atom stereocenters. The highest BCUT2D eigenvalue weighted by Crippen LogP contribution is 2.23. The first-order chi connectivity index (χ1) is 9.14. The molecule has 1 aromatic rings. The predicted molar refractivity (Wildman–Crippen MR) is 78.0 cm³/mol. The van der Waals surface area contributed by atoms with Crippen molar-refractivity contribution in [3.63, 3.8) is 0 Å². The number of hydrogen-bond acceptors (Lipinski definition) is 4. The maximum atomic E-state index is 11.6. The third-order valence-corrected chi connectivity index (χ3v) is 3.94. The lowest BCUT2D eigenvalue weighted by Crippen LogP contribution is -2.24. The van der Waals surface area contributed by atoms with Crippen LogP contribution in [0.5, 0.6) is 0 Å². The summed E-state index contributed by atoms with van der Waals surface area (Å²) in [6.45, 7) is 6.24. The highest BCUT2D eigenvalue weighted by Gasteiger charge is 2.17. The molecule has 5 nitrogen and oxygen atoms in total. The van der Waals surface area contributed by atoms with Gasteiger partial charge in [0.2, 0.25) is 5.91 Å². The molecule has 0 aliphatic heterocycles. The number of carbonyl (C=O) groups is 1. The number of sulfone groups is 1. The van der Waals surface area contributed by atoms with E-state index in [0.717, 1.165) is 5.56 Å². The zero-order valence-electron chi connectivity index (χ0n) is 11.8. The smallest absolute Gasteiger partial charge is 0.239 e. The van der Waals surface area contributed by atoms with Crippen LogP contribution in [0, 0.1) is 11.3 Å². The van der Waals surface area contributed by atoms with Crippen LogP contribution in [0.4, 0.5) is 5.69 Å². The molecule has 0 saturated heterocycles. The number of nitriles is 1. The van der Waals surface area contributed by atoms with Gasteiger partial charge in [-0.3, -0.25) is 4.79 Å². The Balaban J connectivity index is 2.71. The molecule has 0 heterocycles. The lowest BCUT2D eigenvalue weighted by atomic mass is 9.87. The Bertz CT molecular complexity index is 620. The summed E-state index contributed by atoms with van der Waals surface area (Å²) in [5.41, 5.74) is 1.67. The highest BCUT2D eigenvalue weighted by atomic mass is 32.2. The molecule has 0 spiro atoms. The molecule has 108 valence electrons. The van der Waals surface area contributed by atoms with Gasteiger partial charge in [-0.2, -0.15) is 5.26 Å². The Hall–Kier alpha value is -1.87. The molecule has 0 aromatic heterocycles. The van der Waals surface area contributed by atoms with Crippen molar-refractivity contribution in [2.75, 3.05) is 16.8 Å². The van der Waals surface area contributed by atoms with Crippen molar-refractivity contribution in [1.29, 1.82) is 5.26 Å². The Morgan fingerprint density at radius 2 is 1.80 bits per heavy atom. The van der Waals surface area contributed by atoms with Crippen LogP contribution >= 0.6 is 0 Å². The summed E-state index contributed by atoms with van der Waals surface area (Å²) in [5.74, 6) is -1.96. The van der Waals surface area contributed by atoms with E-state index in [1.807, 2.05) is 12.1 Å². The molecular formula is C14H18N2O3S. The molecular weight excluding hydrogens is 276 g/mol. The lowest BCUT2D eigenvalue weighted by molar-refractivity contribution is -0.113. The minimum absolute atomic E-state index is 0.0126. The second kappa shape index (κ2) is 6.06. The van der Waals surface area contributed by atoms with E-state index < -0.39 is 27.3 Å². The first-order valence-electron chi connectivity index (χ1n) is 6.12. The Labute approximate surface area is 119 Å². The molecule has 0 saturated carbocycles. The third kappa shape index (κ3) is 5.02. The first kappa shape index (κ1) is 16.2. The van der Waals surface area contributed by atoms with E-state index in [4.69, 9.17) is 5.26 Å². The van der Waals surface area contributed by atoms with Crippen LogP contribution in [0.3, 0.4) is 0 Å². The molecule has 1 N–H and O–H groups in total. The van der Waals surface area contributed by atoms with Crippen LogP contribution in [0.25, 0.3) is 0 Å². The third-order valence-electron chi connectivity index (χ3n) is 2.67. The summed E-state index contributed by atoms with van der Waals surface area (Å²) in [7, 11) is -3.66. The number of nitrogens with zero attached hydrogens (tertiary/aromatic N) is 1. The summed E-state index contributed by atoms with van der Waals surface area (Å²) >= 11 is 0. The topological polar surface area (TPSA) is 87.0 Å². The molecule has 0 fully saturated rings. The molecule has 1 amide bonds. The summed E-state index contributed by atoms with van der Waals surface area (Å²) in [5, 5.41) is 10.9. The molecule has 6 heteroatoms. The monoisotopic (exact) mass is 294 g/mol. The summed E-state index contributed by atoms with van der Waals surface area (Å²) in [6, 6.07) is 8.77. The predicted octanol–water partition coefficient (Wildman–Crippen LogP) is 1.86. The molecule has 0 aliphatic rings. The van der Waals surface area contributed by atoms with Crippen LogP contribution in [0.1, 0.15) is 26.3 Å². The molecule has 1 rings (SSSR count). The summed E-state index contributed by atoms with van der Waals surface area (Å²) < 4.78 is 22.7. The van der Waals surface area contributed by atoms with Gasteiger partial charge in [-0.1, -0.05) is 32.9 Å². The number of benzene rings is 1. The average molecular weight is 294 g/mol. The fourth-order valence-electron chi connectivity index (χ4n) is 1.60. The van der Waals surface area contributed by atoms with Gasteiger partial charge in [0.25, 0.3) is 0 Å². The number of amides is 1. The molecule has 1 aromatic carbocycles. The van der Waals surface area contributed by atoms with Crippen molar-refractivity contribution >= 4 is 21.4 Å². The summed E-state index contributed by atoms with van der Waals surface area (Å²) in [6.07, 6.45) is 0. The molecule has 0 bridgehead atoms. The van der Waals surface area contributed by atoms with Crippen LogP contribution in [0.2, 0.25) is 0 Å². The molecule has 20 heavy (non-hydrogen) atoms. The van der Waals surface area contributed by atoms with E-state index in [-0.39, 0.29) is 5.41 Å². The van der Waals surface area contributed by atoms with Crippen LogP contribution in [0.15, 0.2) is 24.3 Å². The number of hydrogen-bond donors (Lipinski definition) is 1. The maximum Gasteiger partial charge on any atom is 0.239 e. The van der Waals surface area contributed by atoms with Crippen LogP contribution in [-0.4, -0.2) is 25.8 Å². The van der Waals surface area contributed by atoms with Gasteiger partial charge < -0.3 is 5.32 Å².